The third-order valence-electron chi connectivity index (χ3n) is 6.38. The fourth-order valence-corrected chi connectivity index (χ4v) is 4.72. The Labute approximate surface area is 199 Å². The van der Waals surface area contributed by atoms with Crippen LogP contribution in [-0.4, -0.2) is 22.8 Å². The normalized spacial score (nSPS) is 14.4. The van der Waals surface area contributed by atoms with Gasteiger partial charge in [-0.2, -0.15) is 0 Å². The predicted octanol–water partition coefficient (Wildman–Crippen LogP) is 5.49. The van der Waals surface area contributed by atoms with E-state index < -0.39 is 0 Å². The van der Waals surface area contributed by atoms with E-state index in [4.69, 9.17) is 28.4 Å². The van der Waals surface area contributed by atoms with Gasteiger partial charge in [-0.3, -0.25) is 0 Å². The second-order valence-corrected chi connectivity index (χ2v) is 8.97. The zero-order valence-electron chi connectivity index (χ0n) is 18.5. The highest BCUT2D eigenvalue weighted by atomic mass is 32.1. The van der Waals surface area contributed by atoms with Crippen LogP contribution in [0, 0.1) is 0 Å². The van der Waals surface area contributed by atoms with E-state index in [0.717, 1.165) is 48.6 Å². The molecule has 0 amide bonds. The van der Waals surface area contributed by atoms with Crippen molar-refractivity contribution in [2.45, 2.75) is 25.4 Å². The molecule has 0 saturated carbocycles. The largest absolute Gasteiger partial charge is 0.397 e. The van der Waals surface area contributed by atoms with E-state index in [-0.39, 0.29) is 0 Å². The van der Waals surface area contributed by atoms with Gasteiger partial charge in [-0.1, -0.05) is 54.7 Å². The van der Waals surface area contributed by atoms with Crippen molar-refractivity contribution in [2.24, 2.45) is 5.73 Å². The zero-order valence-corrected chi connectivity index (χ0v) is 19.3. The fourth-order valence-electron chi connectivity index (χ4n) is 4.60. The minimum Gasteiger partial charge on any atom is -0.397 e. The first-order valence-electron chi connectivity index (χ1n) is 11.3. The Bertz CT molecular complexity index is 1310. The Kier molecular flexibility index (Phi) is 6.03. The molecule has 33 heavy (non-hydrogen) atoms. The summed E-state index contributed by atoms with van der Waals surface area (Å²) in [5.41, 5.74) is 19.4. The summed E-state index contributed by atoms with van der Waals surface area (Å²) in [6.07, 6.45) is 4.31. The number of nitrogens with two attached hydrogens (primary N) is 2. The minimum atomic E-state index is 0.415. The SMILES string of the molecule is NC(=S)c1cccc(-c2cn(C3CCOCC3)c3cc(CNc4ccccc4N)ccc23)c1. The molecule has 6 heteroatoms. The number of ether oxygens (including phenoxy) is 1. The summed E-state index contributed by atoms with van der Waals surface area (Å²) in [4.78, 5) is 0.415. The minimum absolute atomic E-state index is 0.415. The van der Waals surface area contributed by atoms with E-state index in [1.54, 1.807) is 0 Å². The summed E-state index contributed by atoms with van der Waals surface area (Å²) >= 11 is 5.21. The van der Waals surface area contributed by atoms with Crippen LogP contribution < -0.4 is 16.8 Å². The molecule has 5 N–H and O–H groups in total. The van der Waals surface area contributed by atoms with Gasteiger partial charge in [0, 0.05) is 54.0 Å². The highest BCUT2D eigenvalue weighted by molar-refractivity contribution is 7.80. The molecule has 0 bridgehead atoms. The lowest BCUT2D eigenvalue weighted by Gasteiger charge is -2.24. The molecule has 0 radical (unpaired) electrons. The van der Waals surface area contributed by atoms with Gasteiger partial charge in [0.1, 0.15) is 4.99 Å². The Hall–Kier alpha value is -3.35. The number of hydrogen-bond donors (Lipinski definition) is 3. The molecule has 0 unspecified atom stereocenters. The van der Waals surface area contributed by atoms with Gasteiger partial charge in [0.05, 0.1) is 11.4 Å². The Morgan fingerprint density at radius 1 is 1.03 bits per heavy atom. The molecular formula is C27H28N4OS. The summed E-state index contributed by atoms with van der Waals surface area (Å²) < 4.78 is 8.06. The second-order valence-electron chi connectivity index (χ2n) is 8.53. The Balaban J connectivity index is 1.55. The number of nitrogens with one attached hydrogen (secondary N) is 1. The lowest BCUT2D eigenvalue weighted by Crippen LogP contribution is -2.19. The van der Waals surface area contributed by atoms with Gasteiger partial charge in [-0.25, -0.2) is 0 Å². The number of aromatic nitrogens is 1. The summed E-state index contributed by atoms with van der Waals surface area (Å²) in [6, 6.07) is 23.2. The number of thiocarbonyl (C=S) groups is 1. The van der Waals surface area contributed by atoms with Gasteiger partial charge in [0.25, 0.3) is 0 Å². The topological polar surface area (TPSA) is 78.2 Å². The van der Waals surface area contributed by atoms with E-state index in [2.05, 4.69) is 46.4 Å². The highest BCUT2D eigenvalue weighted by Gasteiger charge is 2.20. The molecular weight excluding hydrogens is 428 g/mol. The quantitative estimate of drug-likeness (QED) is 0.264. The Morgan fingerprint density at radius 3 is 2.64 bits per heavy atom. The van der Waals surface area contributed by atoms with Crippen molar-refractivity contribution in [3.8, 4) is 11.1 Å². The maximum atomic E-state index is 6.10. The van der Waals surface area contributed by atoms with Crippen molar-refractivity contribution in [3.05, 3.63) is 84.1 Å². The van der Waals surface area contributed by atoms with Crippen LogP contribution in [0.15, 0.2) is 72.9 Å². The first kappa shape index (κ1) is 21.5. The number of nitrogen functional groups attached to an aromatic ring is 1. The van der Waals surface area contributed by atoms with Gasteiger partial charge in [0.15, 0.2) is 0 Å². The van der Waals surface area contributed by atoms with Crippen LogP contribution in [0.5, 0.6) is 0 Å². The van der Waals surface area contributed by atoms with Gasteiger partial charge < -0.3 is 26.1 Å². The first-order chi connectivity index (χ1) is 16.1. The molecule has 1 saturated heterocycles. The van der Waals surface area contributed by atoms with Crippen LogP contribution in [0.1, 0.15) is 30.0 Å². The lowest BCUT2D eigenvalue weighted by atomic mass is 10.0. The van der Waals surface area contributed by atoms with Gasteiger partial charge >= 0.3 is 0 Å². The molecule has 1 aromatic heterocycles. The van der Waals surface area contributed by atoms with E-state index in [9.17, 15) is 0 Å². The standard InChI is InChI=1S/C27H28N4OS/c28-24-6-1-2-7-25(24)30-16-18-8-9-22-23(19-4-3-5-20(15-19)27(29)33)17-31(26(22)14-18)21-10-12-32-13-11-21/h1-9,14-15,17,21,30H,10-13,16,28H2,(H2,29,33). The summed E-state index contributed by atoms with van der Waals surface area (Å²) in [5.74, 6) is 0. The lowest BCUT2D eigenvalue weighted by molar-refractivity contribution is 0.0707. The number of nitrogens with zero attached hydrogens (tertiary/aromatic N) is 1. The van der Waals surface area contributed by atoms with Crippen molar-refractivity contribution in [1.82, 2.24) is 4.57 Å². The van der Waals surface area contributed by atoms with Crippen molar-refractivity contribution in [2.75, 3.05) is 24.3 Å². The molecule has 5 nitrogen and oxygen atoms in total. The number of fused-ring (bicyclic) bond motifs is 1. The molecule has 2 heterocycles. The molecule has 0 spiro atoms. The molecule has 0 aliphatic carbocycles. The van der Waals surface area contributed by atoms with Crippen LogP contribution in [0.25, 0.3) is 22.0 Å². The van der Waals surface area contributed by atoms with Crippen molar-refractivity contribution < 1.29 is 4.74 Å². The summed E-state index contributed by atoms with van der Waals surface area (Å²) in [6.45, 7) is 2.30. The number of benzene rings is 3. The third-order valence-corrected chi connectivity index (χ3v) is 6.62. The van der Waals surface area contributed by atoms with Crippen LogP contribution in [0.2, 0.25) is 0 Å². The third kappa shape index (κ3) is 4.45. The zero-order chi connectivity index (χ0) is 22.8. The van der Waals surface area contributed by atoms with E-state index in [1.807, 2.05) is 36.4 Å². The van der Waals surface area contributed by atoms with Crippen molar-refractivity contribution in [3.63, 3.8) is 0 Å². The average Bonchev–Trinajstić information content (AvgIpc) is 3.23. The summed E-state index contributed by atoms with van der Waals surface area (Å²) in [7, 11) is 0. The number of hydrogen-bond acceptors (Lipinski definition) is 4. The van der Waals surface area contributed by atoms with Crippen LogP contribution in [0.4, 0.5) is 11.4 Å². The highest BCUT2D eigenvalue weighted by Crippen LogP contribution is 2.36. The van der Waals surface area contributed by atoms with Crippen LogP contribution >= 0.6 is 12.2 Å². The average molecular weight is 457 g/mol. The maximum absolute atomic E-state index is 6.10. The van der Waals surface area contributed by atoms with E-state index in [0.29, 0.717) is 17.6 Å². The smallest absolute Gasteiger partial charge is 0.104 e. The molecule has 1 fully saturated rings. The molecule has 1 aliphatic heterocycles. The molecule has 1 aliphatic rings. The van der Waals surface area contributed by atoms with Crippen molar-refractivity contribution >= 4 is 39.5 Å². The second kappa shape index (κ2) is 9.25. The van der Waals surface area contributed by atoms with Crippen LogP contribution in [0.3, 0.4) is 0 Å². The maximum Gasteiger partial charge on any atom is 0.104 e. The summed E-state index contributed by atoms with van der Waals surface area (Å²) in [5, 5.41) is 4.70. The van der Waals surface area contributed by atoms with Gasteiger partial charge in [-0.15, -0.1) is 0 Å². The molecule has 0 atom stereocenters. The number of rotatable bonds is 6. The molecule has 5 rings (SSSR count). The van der Waals surface area contributed by atoms with Gasteiger partial charge in [-0.05, 0) is 48.2 Å². The predicted molar refractivity (Wildman–Crippen MR) is 141 cm³/mol. The number of anilines is 2. The van der Waals surface area contributed by atoms with Gasteiger partial charge in [0.2, 0.25) is 0 Å². The Morgan fingerprint density at radius 2 is 1.85 bits per heavy atom. The van der Waals surface area contributed by atoms with E-state index in [1.165, 1.54) is 22.0 Å². The van der Waals surface area contributed by atoms with E-state index >= 15 is 0 Å². The first-order valence-corrected chi connectivity index (χ1v) is 11.7. The monoisotopic (exact) mass is 456 g/mol. The molecule has 4 aromatic rings. The van der Waals surface area contributed by atoms with Crippen molar-refractivity contribution in [1.29, 1.82) is 0 Å². The fraction of sp³-hybridized carbons (Fsp3) is 0.222. The number of para-hydroxylation sites is 2. The molecule has 3 aromatic carbocycles. The molecule has 168 valence electrons. The van der Waals surface area contributed by atoms with Crippen LogP contribution in [-0.2, 0) is 11.3 Å².